The fourth-order valence-corrected chi connectivity index (χ4v) is 4.73. The number of alkyl halides is 2. The van der Waals surface area contributed by atoms with Crippen LogP contribution in [-0.4, -0.2) is 38.3 Å². The molecule has 0 aromatic heterocycles. The van der Waals surface area contributed by atoms with Gasteiger partial charge in [0.1, 0.15) is 6.61 Å². The van der Waals surface area contributed by atoms with Crippen LogP contribution < -0.4 is 9.47 Å². The summed E-state index contributed by atoms with van der Waals surface area (Å²) in [6.07, 6.45) is 2.99. The van der Waals surface area contributed by atoms with Gasteiger partial charge in [-0.15, -0.1) is 0 Å². The first-order valence-corrected chi connectivity index (χ1v) is 12.0. The molecule has 32 heavy (non-hydrogen) atoms. The highest BCUT2D eigenvalue weighted by Crippen LogP contribution is 2.38. The second kappa shape index (κ2) is 12.1. The normalized spacial score (nSPS) is 28.2. The Morgan fingerprint density at radius 3 is 2.16 bits per heavy atom. The van der Waals surface area contributed by atoms with Crippen molar-refractivity contribution in [2.24, 2.45) is 17.8 Å². The second-order valence-electron chi connectivity index (χ2n) is 9.39. The van der Waals surface area contributed by atoms with Crippen LogP contribution in [0.1, 0.15) is 65.2 Å². The summed E-state index contributed by atoms with van der Waals surface area (Å²) >= 11 is 0. The van der Waals surface area contributed by atoms with Gasteiger partial charge in [0.15, 0.2) is 23.8 Å². The fraction of sp³-hybridized carbons (Fsp3) is 0.760. The van der Waals surface area contributed by atoms with Crippen LogP contribution in [0.2, 0.25) is 0 Å². The first-order valence-electron chi connectivity index (χ1n) is 12.0. The van der Waals surface area contributed by atoms with E-state index in [9.17, 15) is 17.6 Å². The Bertz CT molecular complexity index is 701. The minimum Gasteiger partial charge on any atom is -0.490 e. The zero-order valence-corrected chi connectivity index (χ0v) is 19.1. The van der Waals surface area contributed by atoms with Crippen molar-refractivity contribution in [1.82, 2.24) is 0 Å². The molecular weight excluding hydrogens is 424 g/mol. The van der Waals surface area contributed by atoms with E-state index in [1.54, 1.807) is 0 Å². The first-order chi connectivity index (χ1) is 15.4. The first kappa shape index (κ1) is 25.1. The van der Waals surface area contributed by atoms with E-state index in [1.165, 1.54) is 37.8 Å². The zero-order chi connectivity index (χ0) is 23.1. The minimum absolute atomic E-state index is 0.221. The van der Waals surface area contributed by atoms with Crippen LogP contribution in [0, 0.1) is 29.4 Å². The quantitative estimate of drug-likeness (QED) is 0.283. The number of benzene rings is 1. The molecule has 4 unspecified atom stereocenters. The third-order valence-corrected chi connectivity index (χ3v) is 6.94. The Morgan fingerprint density at radius 1 is 0.938 bits per heavy atom. The molecule has 1 aliphatic carbocycles. The van der Waals surface area contributed by atoms with Crippen LogP contribution in [0.3, 0.4) is 0 Å². The van der Waals surface area contributed by atoms with E-state index in [0.717, 1.165) is 18.8 Å². The van der Waals surface area contributed by atoms with E-state index in [4.69, 9.17) is 14.2 Å². The van der Waals surface area contributed by atoms with Crippen molar-refractivity contribution in [1.29, 1.82) is 0 Å². The molecule has 1 saturated heterocycles. The Morgan fingerprint density at radius 2 is 1.56 bits per heavy atom. The molecule has 3 rings (SSSR count). The molecule has 182 valence electrons. The molecule has 0 radical (unpaired) electrons. The second-order valence-corrected chi connectivity index (χ2v) is 9.39. The van der Waals surface area contributed by atoms with E-state index >= 15 is 0 Å². The van der Waals surface area contributed by atoms with E-state index in [0.29, 0.717) is 31.3 Å². The molecule has 7 heteroatoms. The van der Waals surface area contributed by atoms with Crippen molar-refractivity contribution >= 4 is 0 Å². The summed E-state index contributed by atoms with van der Waals surface area (Å²) in [5.74, 6) is -1.34. The molecule has 2 aliphatic rings. The molecule has 0 N–H and O–H groups in total. The number of unbranched alkanes of at least 4 members (excludes halogenated alkanes) is 1. The van der Waals surface area contributed by atoms with E-state index in [1.807, 2.05) is 6.92 Å². The highest BCUT2D eigenvalue weighted by Gasteiger charge is 2.37. The monoisotopic (exact) mass is 460 g/mol. The van der Waals surface area contributed by atoms with Crippen molar-refractivity contribution in [2.45, 2.75) is 83.7 Å². The van der Waals surface area contributed by atoms with Crippen molar-refractivity contribution in [2.75, 3.05) is 19.8 Å². The molecule has 2 fully saturated rings. The number of hydrogen-bond donors (Lipinski definition) is 0. The maximum atomic E-state index is 14.7. The van der Waals surface area contributed by atoms with Gasteiger partial charge in [-0.2, -0.15) is 8.78 Å². The Kier molecular flexibility index (Phi) is 9.50. The minimum atomic E-state index is -1.99. The van der Waals surface area contributed by atoms with Crippen LogP contribution in [0.15, 0.2) is 12.1 Å². The lowest BCUT2D eigenvalue weighted by atomic mass is 9.74. The Hall–Kier alpha value is -1.50. The maximum Gasteiger partial charge on any atom is 0.204 e. The summed E-state index contributed by atoms with van der Waals surface area (Å²) in [7, 11) is 0. The maximum absolute atomic E-state index is 14.7. The lowest BCUT2D eigenvalue weighted by molar-refractivity contribution is -0.0919. The van der Waals surface area contributed by atoms with Gasteiger partial charge in [-0.05, 0) is 62.0 Å². The van der Waals surface area contributed by atoms with Gasteiger partial charge in [-0.3, -0.25) is 0 Å². The van der Waals surface area contributed by atoms with Gasteiger partial charge in [-0.25, -0.2) is 8.78 Å². The van der Waals surface area contributed by atoms with Crippen molar-refractivity contribution < 1.29 is 31.8 Å². The standard InChI is InChI=1S/C25H36F4O3/c1-3-4-13-30-21-11-12-22(25(29)24(21)28)32-15-19(26)23(27)20-10-9-18(14-31-20)17-7-5-16(2)6-8-17/h11-12,16-20,23H,3-10,13-15H2,1-2H3. The highest BCUT2D eigenvalue weighted by atomic mass is 19.2. The van der Waals surface area contributed by atoms with E-state index in [2.05, 4.69) is 6.92 Å². The number of halogens is 4. The lowest BCUT2D eigenvalue weighted by Gasteiger charge is -2.38. The summed E-state index contributed by atoms with van der Waals surface area (Å²) < 4.78 is 73.4. The molecule has 0 spiro atoms. The number of ether oxygens (including phenoxy) is 3. The van der Waals surface area contributed by atoms with Gasteiger partial charge in [0, 0.05) is 0 Å². The van der Waals surface area contributed by atoms with Crippen LogP contribution in [0.5, 0.6) is 11.5 Å². The van der Waals surface area contributed by atoms with Gasteiger partial charge in [0.05, 0.1) is 19.3 Å². The molecule has 4 atom stereocenters. The number of rotatable bonds is 10. The molecule has 0 bridgehead atoms. The van der Waals surface area contributed by atoms with Gasteiger partial charge < -0.3 is 14.2 Å². The molecular formula is C25H36F4O3. The molecule has 1 heterocycles. The van der Waals surface area contributed by atoms with Crippen molar-refractivity contribution in [3.63, 3.8) is 0 Å². The summed E-state index contributed by atoms with van der Waals surface area (Å²) in [4.78, 5) is 0. The zero-order valence-electron chi connectivity index (χ0n) is 19.1. The summed E-state index contributed by atoms with van der Waals surface area (Å²) in [6, 6.07) is 2.41. The SMILES string of the molecule is CCCCOc1ccc(OCC(F)C(F)C2CCC(C3CCC(C)CC3)CO2)c(F)c1F. The number of hydrogen-bond acceptors (Lipinski definition) is 3. The highest BCUT2D eigenvalue weighted by molar-refractivity contribution is 5.35. The molecule has 3 nitrogen and oxygen atoms in total. The molecule has 1 aromatic carbocycles. The van der Waals surface area contributed by atoms with E-state index in [-0.39, 0.29) is 12.4 Å². The van der Waals surface area contributed by atoms with Crippen molar-refractivity contribution in [3.05, 3.63) is 23.8 Å². The predicted molar refractivity (Wildman–Crippen MR) is 116 cm³/mol. The molecule has 1 saturated carbocycles. The summed E-state index contributed by atoms with van der Waals surface area (Å²) in [6.45, 7) is 4.24. The summed E-state index contributed by atoms with van der Waals surface area (Å²) in [5, 5.41) is 0. The third kappa shape index (κ3) is 6.52. The van der Waals surface area contributed by atoms with Gasteiger partial charge in [-0.1, -0.05) is 33.1 Å². The summed E-state index contributed by atoms with van der Waals surface area (Å²) in [5.41, 5.74) is 0. The predicted octanol–water partition coefficient (Wildman–Crippen LogP) is 6.82. The smallest absolute Gasteiger partial charge is 0.204 e. The van der Waals surface area contributed by atoms with Crippen LogP contribution in [-0.2, 0) is 4.74 Å². The van der Waals surface area contributed by atoms with Crippen LogP contribution >= 0.6 is 0 Å². The van der Waals surface area contributed by atoms with Crippen LogP contribution in [0.4, 0.5) is 17.6 Å². The molecule has 1 aliphatic heterocycles. The topological polar surface area (TPSA) is 27.7 Å². The van der Waals surface area contributed by atoms with Crippen LogP contribution in [0.25, 0.3) is 0 Å². The molecule has 1 aromatic rings. The van der Waals surface area contributed by atoms with Gasteiger partial charge >= 0.3 is 0 Å². The Labute approximate surface area is 188 Å². The third-order valence-electron chi connectivity index (χ3n) is 6.94. The van der Waals surface area contributed by atoms with E-state index < -0.39 is 42.4 Å². The van der Waals surface area contributed by atoms with Crippen molar-refractivity contribution in [3.8, 4) is 11.5 Å². The largest absolute Gasteiger partial charge is 0.490 e. The van der Waals surface area contributed by atoms with Gasteiger partial charge in [0.2, 0.25) is 11.6 Å². The lowest BCUT2D eigenvalue weighted by Crippen LogP contribution is -2.42. The average molecular weight is 461 g/mol. The fourth-order valence-electron chi connectivity index (χ4n) is 4.73. The van der Waals surface area contributed by atoms with Gasteiger partial charge in [0.25, 0.3) is 0 Å². The Balaban J connectivity index is 1.45. The average Bonchev–Trinajstić information content (AvgIpc) is 2.81. The molecule has 0 amide bonds.